The summed E-state index contributed by atoms with van der Waals surface area (Å²) < 4.78 is 0. The number of piperazine rings is 1. The van der Waals surface area contributed by atoms with E-state index in [-0.39, 0.29) is 12.0 Å². The average Bonchev–Trinajstić information content (AvgIpc) is 2.15. The Balaban J connectivity index is 3.07. The lowest BCUT2D eigenvalue weighted by molar-refractivity contribution is -0.0490. The van der Waals surface area contributed by atoms with Crippen molar-refractivity contribution in [1.82, 2.24) is 10.2 Å². The van der Waals surface area contributed by atoms with Crippen molar-refractivity contribution in [2.45, 2.75) is 26.3 Å². The van der Waals surface area contributed by atoms with Gasteiger partial charge in [-0.2, -0.15) is 0 Å². The van der Waals surface area contributed by atoms with Crippen LogP contribution in [0.15, 0.2) is 0 Å². The van der Waals surface area contributed by atoms with E-state index in [9.17, 15) is 9.90 Å². The minimum absolute atomic E-state index is 0.157. The molecular weight excluding hydrogens is 196 g/mol. The van der Waals surface area contributed by atoms with Crippen molar-refractivity contribution in [1.29, 1.82) is 0 Å². The maximum absolute atomic E-state index is 11.2. The Kier molecular flexibility index (Phi) is 3.25. The van der Waals surface area contributed by atoms with E-state index >= 15 is 0 Å². The molecule has 1 fully saturated rings. The lowest BCUT2D eigenvalue weighted by Crippen LogP contribution is -2.70. The highest BCUT2D eigenvalue weighted by Crippen LogP contribution is 2.36. The maximum Gasteiger partial charge on any atom is 0.407 e. The molecule has 5 heteroatoms. The summed E-state index contributed by atoms with van der Waals surface area (Å²) in [6.45, 7) is 7.26. The molecule has 0 aromatic rings. The van der Waals surface area contributed by atoms with Crippen LogP contribution in [0.4, 0.5) is 4.79 Å². The third-order valence-corrected chi connectivity index (χ3v) is 3.33. The quantitative estimate of drug-likeness (QED) is 0.591. The van der Waals surface area contributed by atoms with Gasteiger partial charge in [0.05, 0.1) is 12.1 Å². The predicted molar refractivity (Wildman–Crippen MR) is 56.9 cm³/mol. The highest BCUT2D eigenvalue weighted by molar-refractivity contribution is 5.66. The molecule has 0 unspecified atom stereocenters. The molecule has 1 rings (SSSR count). The molecule has 0 saturated carbocycles. The van der Waals surface area contributed by atoms with Crippen molar-refractivity contribution in [3.8, 4) is 0 Å². The van der Waals surface area contributed by atoms with E-state index in [2.05, 4.69) is 5.32 Å². The van der Waals surface area contributed by atoms with Gasteiger partial charge in [-0.25, -0.2) is 4.79 Å². The Morgan fingerprint density at radius 2 is 2.13 bits per heavy atom. The van der Waals surface area contributed by atoms with Crippen molar-refractivity contribution < 1.29 is 15.0 Å². The van der Waals surface area contributed by atoms with Crippen LogP contribution in [-0.4, -0.2) is 53.0 Å². The van der Waals surface area contributed by atoms with Gasteiger partial charge in [-0.3, -0.25) is 4.90 Å². The summed E-state index contributed by atoms with van der Waals surface area (Å²) in [4.78, 5) is 12.5. The predicted octanol–water partition coefficient (Wildman–Crippen LogP) is 0.347. The number of aliphatic hydroxyl groups excluding tert-OH is 1. The maximum atomic E-state index is 11.2. The van der Waals surface area contributed by atoms with E-state index < -0.39 is 11.6 Å². The van der Waals surface area contributed by atoms with Crippen LogP contribution in [0.2, 0.25) is 0 Å². The van der Waals surface area contributed by atoms with Crippen molar-refractivity contribution in [3.05, 3.63) is 0 Å². The largest absolute Gasteiger partial charge is 0.465 e. The Hall–Kier alpha value is -0.810. The fraction of sp³-hybridized carbons (Fsp3) is 0.900. The smallest absolute Gasteiger partial charge is 0.407 e. The first kappa shape index (κ1) is 12.3. The summed E-state index contributed by atoms with van der Waals surface area (Å²) in [5.41, 5.74) is -1.02. The van der Waals surface area contributed by atoms with Crippen LogP contribution in [0.25, 0.3) is 0 Å². The minimum Gasteiger partial charge on any atom is -0.465 e. The minimum atomic E-state index is -0.958. The average molecular weight is 216 g/mol. The van der Waals surface area contributed by atoms with Crippen molar-refractivity contribution in [2.75, 3.05) is 26.2 Å². The number of nitrogens with zero attached hydrogens (tertiary/aromatic N) is 1. The molecule has 0 radical (unpaired) electrons. The molecule has 88 valence electrons. The van der Waals surface area contributed by atoms with E-state index in [0.717, 1.165) is 0 Å². The Morgan fingerprint density at radius 3 is 2.47 bits per heavy atom. The van der Waals surface area contributed by atoms with Gasteiger partial charge in [0.1, 0.15) is 0 Å². The number of aliphatic hydroxyl groups is 1. The Morgan fingerprint density at radius 1 is 1.53 bits per heavy atom. The Labute approximate surface area is 90.1 Å². The molecule has 1 amide bonds. The molecule has 1 aliphatic rings. The lowest BCUT2D eigenvalue weighted by Gasteiger charge is -2.52. The van der Waals surface area contributed by atoms with Gasteiger partial charge in [-0.15, -0.1) is 0 Å². The van der Waals surface area contributed by atoms with Gasteiger partial charge in [-0.05, 0) is 5.41 Å². The summed E-state index contributed by atoms with van der Waals surface area (Å²) >= 11 is 0. The second-order valence-corrected chi connectivity index (χ2v) is 5.05. The van der Waals surface area contributed by atoms with Gasteiger partial charge in [0.25, 0.3) is 0 Å². The number of carboxylic acid groups (broad SMARTS) is 1. The number of hydrogen-bond acceptors (Lipinski definition) is 3. The van der Waals surface area contributed by atoms with Crippen LogP contribution in [0, 0.1) is 5.41 Å². The van der Waals surface area contributed by atoms with Gasteiger partial charge < -0.3 is 15.5 Å². The zero-order valence-corrected chi connectivity index (χ0v) is 9.58. The fourth-order valence-electron chi connectivity index (χ4n) is 2.12. The van der Waals surface area contributed by atoms with Gasteiger partial charge in [0, 0.05) is 19.6 Å². The Bertz CT molecular complexity index is 250. The molecule has 3 N–H and O–H groups in total. The summed E-state index contributed by atoms with van der Waals surface area (Å²) in [5.74, 6) is 0. The number of nitrogens with one attached hydrogen (secondary N) is 1. The van der Waals surface area contributed by atoms with Crippen molar-refractivity contribution in [3.63, 3.8) is 0 Å². The summed E-state index contributed by atoms with van der Waals surface area (Å²) in [6.07, 6.45) is -0.958. The molecule has 1 atom stereocenters. The molecule has 0 aromatic carbocycles. The molecular formula is C10H20N2O3. The van der Waals surface area contributed by atoms with Crippen LogP contribution < -0.4 is 5.32 Å². The number of amides is 1. The first-order valence-electron chi connectivity index (χ1n) is 5.17. The highest BCUT2D eigenvalue weighted by atomic mass is 16.4. The number of rotatable bonds is 1. The molecule has 15 heavy (non-hydrogen) atoms. The molecule has 5 nitrogen and oxygen atoms in total. The van der Waals surface area contributed by atoms with Crippen LogP contribution >= 0.6 is 0 Å². The van der Waals surface area contributed by atoms with Crippen LogP contribution in [-0.2, 0) is 0 Å². The zero-order chi connectivity index (χ0) is 11.7. The molecule has 1 aliphatic heterocycles. The van der Waals surface area contributed by atoms with Crippen LogP contribution in [0.5, 0.6) is 0 Å². The van der Waals surface area contributed by atoms with Crippen molar-refractivity contribution in [2.24, 2.45) is 5.41 Å². The van der Waals surface area contributed by atoms with E-state index in [1.165, 1.54) is 4.90 Å². The third-order valence-electron chi connectivity index (χ3n) is 3.33. The first-order valence-corrected chi connectivity index (χ1v) is 5.17. The highest BCUT2D eigenvalue weighted by Gasteiger charge is 2.49. The van der Waals surface area contributed by atoms with Gasteiger partial charge >= 0.3 is 6.09 Å². The molecule has 0 aliphatic carbocycles. The zero-order valence-electron chi connectivity index (χ0n) is 9.58. The molecule has 0 spiro atoms. The number of carbonyl (C=O) groups is 1. The first-order chi connectivity index (χ1) is 6.85. The number of hydrogen-bond donors (Lipinski definition) is 3. The molecule has 1 heterocycles. The van der Waals surface area contributed by atoms with E-state index in [1.54, 1.807) is 0 Å². The molecule has 0 aromatic heterocycles. The lowest BCUT2D eigenvalue weighted by atomic mass is 9.72. The van der Waals surface area contributed by atoms with Crippen molar-refractivity contribution >= 4 is 6.09 Å². The van der Waals surface area contributed by atoms with E-state index in [1.807, 2.05) is 20.8 Å². The SMILES string of the molecule is CC(C)(C)[C@@]1(CO)CNCCN1C(=O)O. The van der Waals surface area contributed by atoms with Gasteiger partial charge in [0.2, 0.25) is 0 Å². The summed E-state index contributed by atoms with van der Waals surface area (Å²) in [5, 5.41) is 21.9. The third kappa shape index (κ3) is 1.94. The van der Waals surface area contributed by atoms with Crippen LogP contribution in [0.1, 0.15) is 20.8 Å². The topological polar surface area (TPSA) is 72.8 Å². The normalized spacial score (nSPS) is 27.9. The second-order valence-electron chi connectivity index (χ2n) is 5.05. The van der Waals surface area contributed by atoms with Crippen LogP contribution in [0.3, 0.4) is 0 Å². The van der Waals surface area contributed by atoms with E-state index in [0.29, 0.717) is 19.6 Å². The van der Waals surface area contributed by atoms with E-state index in [4.69, 9.17) is 5.11 Å². The second kappa shape index (κ2) is 3.98. The fourth-order valence-corrected chi connectivity index (χ4v) is 2.12. The monoisotopic (exact) mass is 216 g/mol. The standard InChI is InChI=1S/C10H20N2O3/c1-9(2,3)10(7-13)6-11-4-5-12(10)8(14)15/h11,13H,4-7H2,1-3H3,(H,14,15)/t10-/m0/s1. The molecule has 0 bridgehead atoms. The summed E-state index contributed by atoms with van der Waals surface area (Å²) in [6, 6.07) is 0. The summed E-state index contributed by atoms with van der Waals surface area (Å²) in [7, 11) is 0. The molecule has 1 saturated heterocycles. The van der Waals surface area contributed by atoms with Gasteiger partial charge in [0.15, 0.2) is 0 Å². The van der Waals surface area contributed by atoms with Gasteiger partial charge in [-0.1, -0.05) is 20.8 Å².